The number of hydrogen-bond acceptors (Lipinski definition) is 5. The highest BCUT2D eigenvalue weighted by molar-refractivity contribution is 5.85. The average molecular weight is 263 g/mol. The zero-order valence-corrected chi connectivity index (χ0v) is 10.9. The van der Waals surface area contributed by atoms with Crippen LogP contribution < -0.4 is 10.9 Å². The second-order valence-electron chi connectivity index (χ2n) is 4.63. The summed E-state index contributed by atoms with van der Waals surface area (Å²) in [4.78, 5) is 11.3. The molecule has 0 fully saturated rings. The van der Waals surface area contributed by atoms with Gasteiger partial charge in [-0.3, -0.25) is 0 Å². The molecule has 1 aromatic carbocycles. The third kappa shape index (κ3) is 2.94. The van der Waals surface area contributed by atoms with Crippen molar-refractivity contribution < 1.29 is 14.6 Å². The maximum Gasteiger partial charge on any atom is 0.336 e. The van der Waals surface area contributed by atoms with Crippen molar-refractivity contribution >= 4 is 16.7 Å². The molecule has 0 aliphatic carbocycles. The van der Waals surface area contributed by atoms with E-state index in [1.54, 1.807) is 6.07 Å². The number of anilines is 1. The van der Waals surface area contributed by atoms with Crippen molar-refractivity contribution in [3.63, 3.8) is 0 Å². The lowest BCUT2D eigenvalue weighted by Gasteiger charge is -2.13. The Morgan fingerprint density at radius 2 is 2.00 bits per heavy atom. The summed E-state index contributed by atoms with van der Waals surface area (Å²) < 4.78 is 5.15. The fourth-order valence-corrected chi connectivity index (χ4v) is 1.95. The molecule has 0 radical (unpaired) electrons. The molecule has 2 aromatic rings. The predicted molar refractivity (Wildman–Crippen MR) is 73.5 cm³/mol. The first-order valence-electron chi connectivity index (χ1n) is 6.09. The molecule has 0 aliphatic heterocycles. The average Bonchev–Trinajstić information content (AvgIpc) is 2.36. The summed E-state index contributed by atoms with van der Waals surface area (Å²) in [6.45, 7) is 3.71. The molecule has 0 bridgehead atoms. The van der Waals surface area contributed by atoms with Crippen molar-refractivity contribution in [2.24, 2.45) is 0 Å². The SMILES string of the molecule is Cc1cc2oc(=O)cc(C)c2cc1NCC(O)CO. The Kier molecular flexibility index (Phi) is 3.87. The van der Waals surface area contributed by atoms with E-state index in [0.29, 0.717) is 5.58 Å². The van der Waals surface area contributed by atoms with Gasteiger partial charge in [0, 0.05) is 23.7 Å². The zero-order valence-electron chi connectivity index (χ0n) is 10.9. The first-order valence-corrected chi connectivity index (χ1v) is 6.09. The van der Waals surface area contributed by atoms with E-state index in [-0.39, 0.29) is 18.8 Å². The largest absolute Gasteiger partial charge is 0.423 e. The van der Waals surface area contributed by atoms with Gasteiger partial charge in [-0.05, 0) is 37.1 Å². The topological polar surface area (TPSA) is 82.7 Å². The summed E-state index contributed by atoms with van der Waals surface area (Å²) in [6, 6.07) is 5.12. The van der Waals surface area contributed by atoms with E-state index in [2.05, 4.69) is 5.32 Å². The summed E-state index contributed by atoms with van der Waals surface area (Å²) in [7, 11) is 0. The lowest BCUT2D eigenvalue weighted by molar-refractivity contribution is 0.105. The van der Waals surface area contributed by atoms with Crippen molar-refractivity contribution in [3.05, 3.63) is 39.7 Å². The minimum Gasteiger partial charge on any atom is -0.423 e. The standard InChI is InChI=1S/C14H17NO4/c1-8-4-14(18)19-13-3-9(2)12(5-11(8)13)15-6-10(17)7-16/h3-5,10,15-17H,6-7H2,1-2H3. The molecule has 19 heavy (non-hydrogen) atoms. The van der Waals surface area contributed by atoms with Crippen molar-refractivity contribution in [2.75, 3.05) is 18.5 Å². The maximum absolute atomic E-state index is 11.3. The Balaban J connectivity index is 2.41. The fraction of sp³-hybridized carbons (Fsp3) is 0.357. The molecule has 2 rings (SSSR count). The molecule has 0 amide bonds. The van der Waals surface area contributed by atoms with Gasteiger partial charge < -0.3 is 19.9 Å². The molecule has 0 aliphatic rings. The number of aliphatic hydroxyl groups excluding tert-OH is 2. The number of fused-ring (bicyclic) bond motifs is 1. The van der Waals surface area contributed by atoms with Crippen LogP contribution in [0, 0.1) is 13.8 Å². The first kappa shape index (κ1) is 13.6. The van der Waals surface area contributed by atoms with Gasteiger partial charge in [0.2, 0.25) is 0 Å². The van der Waals surface area contributed by atoms with Gasteiger partial charge in [0.05, 0.1) is 12.7 Å². The van der Waals surface area contributed by atoms with Crippen LogP contribution >= 0.6 is 0 Å². The van der Waals surface area contributed by atoms with E-state index in [1.165, 1.54) is 6.07 Å². The molecular weight excluding hydrogens is 246 g/mol. The molecule has 5 nitrogen and oxygen atoms in total. The molecule has 1 aromatic heterocycles. The lowest BCUT2D eigenvalue weighted by Crippen LogP contribution is -2.23. The van der Waals surface area contributed by atoms with Crippen molar-refractivity contribution in [1.29, 1.82) is 0 Å². The highest BCUT2D eigenvalue weighted by atomic mass is 16.4. The highest BCUT2D eigenvalue weighted by Gasteiger charge is 2.08. The first-order chi connectivity index (χ1) is 9.01. The van der Waals surface area contributed by atoms with E-state index in [4.69, 9.17) is 9.52 Å². The van der Waals surface area contributed by atoms with Crippen LogP contribution in [-0.4, -0.2) is 29.5 Å². The fourth-order valence-electron chi connectivity index (χ4n) is 1.95. The van der Waals surface area contributed by atoms with Crippen molar-refractivity contribution in [3.8, 4) is 0 Å². The number of benzene rings is 1. The normalized spacial score (nSPS) is 12.6. The van der Waals surface area contributed by atoms with Crippen LogP contribution in [0.5, 0.6) is 0 Å². The molecule has 1 atom stereocenters. The maximum atomic E-state index is 11.3. The summed E-state index contributed by atoms with van der Waals surface area (Å²) in [5, 5.41) is 22.1. The van der Waals surface area contributed by atoms with Gasteiger partial charge in [-0.1, -0.05) is 0 Å². The molecule has 1 unspecified atom stereocenters. The van der Waals surface area contributed by atoms with Gasteiger partial charge in [-0.25, -0.2) is 4.79 Å². The molecule has 1 heterocycles. The third-order valence-corrected chi connectivity index (χ3v) is 3.04. The Bertz CT molecular complexity index is 648. The van der Waals surface area contributed by atoms with E-state index in [0.717, 1.165) is 22.2 Å². The summed E-state index contributed by atoms with van der Waals surface area (Å²) in [5.74, 6) is 0. The van der Waals surface area contributed by atoms with Crippen LogP contribution in [0.4, 0.5) is 5.69 Å². The minimum atomic E-state index is -0.801. The van der Waals surface area contributed by atoms with Crippen LogP contribution in [-0.2, 0) is 0 Å². The highest BCUT2D eigenvalue weighted by Crippen LogP contribution is 2.24. The molecule has 0 spiro atoms. The van der Waals surface area contributed by atoms with Crippen LogP contribution in [0.25, 0.3) is 11.0 Å². The van der Waals surface area contributed by atoms with E-state index in [9.17, 15) is 9.90 Å². The quantitative estimate of drug-likeness (QED) is 0.721. The van der Waals surface area contributed by atoms with Gasteiger partial charge in [0.15, 0.2) is 0 Å². The molecule has 3 N–H and O–H groups in total. The smallest absolute Gasteiger partial charge is 0.336 e. The van der Waals surface area contributed by atoms with Crippen LogP contribution in [0.3, 0.4) is 0 Å². The van der Waals surface area contributed by atoms with Gasteiger partial charge in [0.1, 0.15) is 5.58 Å². The van der Waals surface area contributed by atoms with Crippen LogP contribution in [0.1, 0.15) is 11.1 Å². The van der Waals surface area contributed by atoms with Gasteiger partial charge in [-0.2, -0.15) is 0 Å². The number of rotatable bonds is 4. The summed E-state index contributed by atoms with van der Waals surface area (Å²) >= 11 is 0. The Labute approximate surface area is 110 Å². The number of nitrogens with one attached hydrogen (secondary N) is 1. The zero-order chi connectivity index (χ0) is 14.0. The second-order valence-corrected chi connectivity index (χ2v) is 4.63. The monoisotopic (exact) mass is 263 g/mol. The number of aliphatic hydroxyl groups is 2. The van der Waals surface area contributed by atoms with E-state index in [1.807, 2.05) is 19.9 Å². The summed E-state index contributed by atoms with van der Waals surface area (Å²) in [5.41, 5.74) is 2.79. The minimum absolute atomic E-state index is 0.263. The molecule has 5 heteroatoms. The number of hydrogen-bond donors (Lipinski definition) is 3. The molecular formula is C14H17NO4. The second kappa shape index (κ2) is 5.42. The van der Waals surface area contributed by atoms with Crippen LogP contribution in [0.2, 0.25) is 0 Å². The molecule has 102 valence electrons. The van der Waals surface area contributed by atoms with E-state index >= 15 is 0 Å². The molecule has 0 saturated carbocycles. The van der Waals surface area contributed by atoms with Gasteiger partial charge >= 0.3 is 5.63 Å². The third-order valence-electron chi connectivity index (χ3n) is 3.04. The number of aryl methyl sites for hydroxylation is 2. The van der Waals surface area contributed by atoms with Crippen LogP contribution in [0.15, 0.2) is 27.4 Å². The van der Waals surface area contributed by atoms with Gasteiger partial charge in [0.25, 0.3) is 0 Å². The van der Waals surface area contributed by atoms with Gasteiger partial charge in [-0.15, -0.1) is 0 Å². The molecule has 0 saturated heterocycles. The Hall–Kier alpha value is -1.85. The summed E-state index contributed by atoms with van der Waals surface area (Å²) in [6.07, 6.45) is -0.801. The predicted octanol–water partition coefficient (Wildman–Crippen LogP) is 1.17. The van der Waals surface area contributed by atoms with Crippen molar-refractivity contribution in [1.82, 2.24) is 0 Å². The van der Waals surface area contributed by atoms with Crippen molar-refractivity contribution in [2.45, 2.75) is 20.0 Å². The Morgan fingerprint density at radius 1 is 1.26 bits per heavy atom. The lowest BCUT2D eigenvalue weighted by atomic mass is 10.1. The van der Waals surface area contributed by atoms with E-state index < -0.39 is 6.10 Å². The Morgan fingerprint density at radius 3 is 2.68 bits per heavy atom.